The lowest BCUT2D eigenvalue weighted by Gasteiger charge is -2.23. The Bertz CT molecular complexity index is 864. The number of hydrogen-bond donors (Lipinski definition) is 1. The maximum absolute atomic E-state index is 13.0. The third kappa shape index (κ3) is 2.28. The van der Waals surface area contributed by atoms with Gasteiger partial charge in [-0.15, -0.1) is 0 Å². The minimum absolute atomic E-state index is 0.00297. The van der Waals surface area contributed by atoms with Gasteiger partial charge in [-0.05, 0) is 48.5 Å². The van der Waals surface area contributed by atoms with Crippen LogP contribution in [0.5, 0.6) is 0 Å². The highest BCUT2D eigenvalue weighted by Crippen LogP contribution is 2.30. The van der Waals surface area contributed by atoms with Crippen LogP contribution in [-0.4, -0.2) is 17.0 Å². The predicted octanol–water partition coefficient (Wildman–Crippen LogP) is 3.26. The van der Waals surface area contributed by atoms with Crippen molar-refractivity contribution in [1.82, 2.24) is 4.57 Å². The van der Waals surface area contributed by atoms with Gasteiger partial charge in [0.15, 0.2) is 0 Å². The minimum Gasteiger partial charge on any atom is -0.399 e. The fraction of sp³-hybridized carbons (Fsp3) is 0.105. The van der Waals surface area contributed by atoms with Crippen LogP contribution in [0.2, 0.25) is 0 Å². The van der Waals surface area contributed by atoms with Crippen LogP contribution < -0.4 is 10.6 Å². The van der Waals surface area contributed by atoms with E-state index in [1.807, 2.05) is 41.4 Å². The Balaban J connectivity index is 1.80. The Kier molecular flexibility index (Phi) is 3.15. The molecule has 4 heteroatoms. The number of fused-ring (bicyclic) bond motifs is 3. The second-order valence-electron chi connectivity index (χ2n) is 5.69. The summed E-state index contributed by atoms with van der Waals surface area (Å²) in [6.45, 7) is 0.657. The lowest BCUT2D eigenvalue weighted by atomic mass is 10.1. The fourth-order valence-electron chi connectivity index (χ4n) is 3.09. The van der Waals surface area contributed by atoms with Crippen LogP contribution in [0.3, 0.4) is 0 Å². The van der Waals surface area contributed by atoms with E-state index in [1.54, 1.807) is 24.3 Å². The molecule has 2 aromatic carbocycles. The summed E-state index contributed by atoms with van der Waals surface area (Å²) in [7, 11) is 0. The molecule has 0 radical (unpaired) electrons. The van der Waals surface area contributed by atoms with E-state index in [9.17, 15) is 4.79 Å². The molecule has 0 saturated carbocycles. The fourth-order valence-corrected chi connectivity index (χ4v) is 3.09. The number of carbonyl (C=O) groups is 1. The maximum Gasteiger partial charge on any atom is 0.258 e. The average Bonchev–Trinajstić information content (AvgIpc) is 2.98. The van der Waals surface area contributed by atoms with Crippen molar-refractivity contribution in [2.24, 2.45) is 0 Å². The van der Waals surface area contributed by atoms with Crippen LogP contribution in [0, 0.1) is 0 Å². The quantitative estimate of drug-likeness (QED) is 0.702. The first-order valence-electron chi connectivity index (χ1n) is 7.67. The molecule has 1 aliphatic rings. The topological polar surface area (TPSA) is 51.3 Å². The molecule has 3 aromatic rings. The molecule has 1 aliphatic heterocycles. The van der Waals surface area contributed by atoms with E-state index >= 15 is 0 Å². The number of nitrogens with zero attached hydrogens (tertiary/aromatic N) is 2. The van der Waals surface area contributed by atoms with Crippen LogP contribution in [0.25, 0.3) is 5.69 Å². The number of amides is 1. The Morgan fingerprint density at radius 3 is 2.43 bits per heavy atom. The van der Waals surface area contributed by atoms with Gasteiger partial charge in [0.2, 0.25) is 0 Å². The number of hydrogen-bond acceptors (Lipinski definition) is 2. The first-order chi connectivity index (χ1) is 11.2. The lowest BCUT2D eigenvalue weighted by Crippen LogP contribution is -2.32. The van der Waals surface area contributed by atoms with Gasteiger partial charge in [-0.25, -0.2) is 0 Å². The van der Waals surface area contributed by atoms with Gasteiger partial charge in [0.25, 0.3) is 5.91 Å². The number of anilines is 2. The zero-order valence-corrected chi connectivity index (χ0v) is 12.6. The molecule has 0 atom stereocenters. The zero-order valence-electron chi connectivity index (χ0n) is 12.6. The predicted molar refractivity (Wildman–Crippen MR) is 92.0 cm³/mol. The van der Waals surface area contributed by atoms with Gasteiger partial charge >= 0.3 is 0 Å². The summed E-state index contributed by atoms with van der Waals surface area (Å²) >= 11 is 0. The molecular formula is C19H17N3O. The summed E-state index contributed by atoms with van der Waals surface area (Å²) in [4.78, 5) is 14.8. The molecule has 114 valence electrons. The normalized spacial score (nSPS) is 13.1. The van der Waals surface area contributed by atoms with E-state index in [4.69, 9.17) is 5.73 Å². The van der Waals surface area contributed by atoms with Crippen molar-refractivity contribution in [3.05, 3.63) is 78.1 Å². The molecule has 2 N–H and O–H groups in total. The van der Waals surface area contributed by atoms with E-state index in [-0.39, 0.29) is 5.91 Å². The highest BCUT2D eigenvalue weighted by molar-refractivity contribution is 6.07. The van der Waals surface area contributed by atoms with Crippen LogP contribution in [0.4, 0.5) is 11.4 Å². The van der Waals surface area contributed by atoms with E-state index < -0.39 is 0 Å². The third-order valence-electron chi connectivity index (χ3n) is 4.26. The van der Waals surface area contributed by atoms with E-state index in [0.29, 0.717) is 17.8 Å². The Labute approximate surface area is 134 Å². The first-order valence-corrected chi connectivity index (χ1v) is 7.67. The molecular weight excluding hydrogens is 286 g/mol. The minimum atomic E-state index is 0.00297. The monoisotopic (exact) mass is 303 g/mol. The number of para-hydroxylation sites is 2. The van der Waals surface area contributed by atoms with Crippen LogP contribution in [0.1, 0.15) is 16.1 Å². The zero-order chi connectivity index (χ0) is 15.8. The third-order valence-corrected chi connectivity index (χ3v) is 4.26. The largest absolute Gasteiger partial charge is 0.399 e. The molecule has 23 heavy (non-hydrogen) atoms. The van der Waals surface area contributed by atoms with Crippen molar-refractivity contribution in [3.8, 4) is 5.69 Å². The summed E-state index contributed by atoms with van der Waals surface area (Å²) in [5.74, 6) is 0.00297. The molecule has 1 aromatic heterocycles. The molecule has 0 bridgehead atoms. The number of carbonyl (C=O) groups excluding carboxylic acids is 1. The van der Waals surface area contributed by atoms with Crippen molar-refractivity contribution in [3.63, 3.8) is 0 Å². The van der Waals surface area contributed by atoms with Gasteiger partial charge in [0.05, 0.1) is 11.4 Å². The van der Waals surface area contributed by atoms with Gasteiger partial charge < -0.3 is 15.2 Å². The van der Waals surface area contributed by atoms with Crippen LogP contribution in [0.15, 0.2) is 66.9 Å². The standard InChI is InChI=1S/C19H17N3O/c20-15-9-7-14(8-10-15)19(23)22-13-11-16-4-3-12-21(16)17-5-1-2-6-18(17)22/h1-10,12H,11,13,20H2. The smallest absolute Gasteiger partial charge is 0.258 e. The van der Waals surface area contributed by atoms with Crippen molar-refractivity contribution in [2.75, 3.05) is 17.2 Å². The van der Waals surface area contributed by atoms with Gasteiger partial charge in [-0.3, -0.25) is 4.79 Å². The Hall–Kier alpha value is -3.01. The SMILES string of the molecule is Nc1ccc(C(=O)N2CCc3cccn3-c3ccccc32)cc1. The second kappa shape index (κ2) is 5.32. The first kappa shape index (κ1) is 13.6. The average molecular weight is 303 g/mol. The molecule has 0 unspecified atom stereocenters. The molecule has 0 spiro atoms. The summed E-state index contributed by atoms with van der Waals surface area (Å²) in [5.41, 5.74) is 10.2. The summed E-state index contributed by atoms with van der Waals surface area (Å²) in [6, 6.07) is 19.3. The Morgan fingerprint density at radius 1 is 0.913 bits per heavy atom. The number of benzene rings is 2. The van der Waals surface area contributed by atoms with E-state index in [0.717, 1.165) is 17.8 Å². The molecule has 0 saturated heterocycles. The summed E-state index contributed by atoms with van der Waals surface area (Å²) in [5, 5.41) is 0. The highest BCUT2D eigenvalue weighted by Gasteiger charge is 2.24. The van der Waals surface area contributed by atoms with Crippen LogP contribution in [-0.2, 0) is 6.42 Å². The number of aromatic nitrogens is 1. The highest BCUT2D eigenvalue weighted by atomic mass is 16.2. The molecule has 1 amide bonds. The summed E-state index contributed by atoms with van der Waals surface area (Å²) < 4.78 is 2.16. The van der Waals surface area contributed by atoms with Gasteiger partial charge in [-0.2, -0.15) is 0 Å². The molecule has 0 fully saturated rings. The lowest BCUT2D eigenvalue weighted by molar-refractivity contribution is 0.0987. The van der Waals surface area contributed by atoms with Crippen molar-refractivity contribution in [2.45, 2.75) is 6.42 Å². The van der Waals surface area contributed by atoms with E-state index in [1.165, 1.54) is 5.69 Å². The van der Waals surface area contributed by atoms with Crippen LogP contribution >= 0.6 is 0 Å². The number of nitrogen functional groups attached to an aromatic ring is 1. The van der Waals surface area contributed by atoms with Gasteiger partial charge in [-0.1, -0.05) is 12.1 Å². The van der Waals surface area contributed by atoms with Gasteiger partial charge in [0.1, 0.15) is 0 Å². The molecule has 4 nitrogen and oxygen atoms in total. The summed E-state index contributed by atoms with van der Waals surface area (Å²) in [6.07, 6.45) is 2.87. The molecule has 2 heterocycles. The number of nitrogens with two attached hydrogens (primary N) is 1. The second-order valence-corrected chi connectivity index (χ2v) is 5.69. The molecule has 0 aliphatic carbocycles. The number of rotatable bonds is 1. The van der Waals surface area contributed by atoms with Gasteiger partial charge in [0, 0.05) is 36.1 Å². The molecule has 4 rings (SSSR count). The van der Waals surface area contributed by atoms with Crippen molar-refractivity contribution in [1.29, 1.82) is 0 Å². The van der Waals surface area contributed by atoms with E-state index in [2.05, 4.69) is 10.6 Å². The maximum atomic E-state index is 13.0. The van der Waals surface area contributed by atoms with Crippen molar-refractivity contribution < 1.29 is 4.79 Å². The van der Waals surface area contributed by atoms with Crippen molar-refractivity contribution >= 4 is 17.3 Å². The Morgan fingerprint density at radius 2 is 1.65 bits per heavy atom.